The molecule has 0 saturated heterocycles. The molecule has 6 nitrogen and oxygen atoms in total. The van der Waals surface area contributed by atoms with Crippen LogP contribution in [0, 0.1) is 18.3 Å². The number of benzene rings is 2. The fraction of sp³-hybridized carbons (Fsp3) is 0.286. The van der Waals surface area contributed by atoms with E-state index in [9.17, 15) is 9.59 Å². The zero-order chi connectivity index (χ0) is 21.4. The average Bonchev–Trinajstić information content (AvgIpc) is 2.66. The summed E-state index contributed by atoms with van der Waals surface area (Å²) in [5.74, 6) is -0.538. The molecule has 0 fully saturated rings. The van der Waals surface area contributed by atoms with Gasteiger partial charge in [0.05, 0.1) is 41.3 Å². The van der Waals surface area contributed by atoms with E-state index in [4.69, 9.17) is 28.5 Å². The Morgan fingerprint density at radius 3 is 2.28 bits per heavy atom. The molecule has 0 aromatic heterocycles. The molecule has 0 aliphatic carbocycles. The number of hydrogen-bond donors (Lipinski definition) is 1. The zero-order valence-corrected chi connectivity index (χ0v) is 17.8. The first kappa shape index (κ1) is 22.7. The monoisotopic (exact) mass is 432 g/mol. The molecule has 0 radical (unpaired) electrons. The highest BCUT2D eigenvalue weighted by atomic mass is 35.5. The number of rotatable bonds is 8. The first-order valence-corrected chi connectivity index (χ1v) is 9.73. The summed E-state index contributed by atoms with van der Waals surface area (Å²) in [5.41, 5.74) is 2.14. The molecule has 0 unspecified atom stereocenters. The van der Waals surface area contributed by atoms with Crippen molar-refractivity contribution in [2.24, 2.45) is 0 Å². The molecule has 0 aliphatic heterocycles. The van der Waals surface area contributed by atoms with Gasteiger partial charge >= 0.3 is 0 Å². The molecule has 0 heterocycles. The van der Waals surface area contributed by atoms with Crippen molar-refractivity contribution in [3.8, 4) is 6.07 Å². The SMILES string of the molecule is Cc1ccc(N(CCC#N)C(=O)CN(C)CC(=O)Nc2c(Cl)cccc2Cl)cc1. The largest absolute Gasteiger partial charge is 0.322 e. The number of nitriles is 1. The standard InChI is InChI=1S/C21H22Cl2N4O2/c1-15-7-9-16(10-8-15)27(12-4-11-24)20(29)14-26(2)13-19(28)25-21-17(22)5-3-6-18(21)23/h3,5-10H,4,12-14H2,1-2H3,(H,25,28). The Bertz CT molecular complexity index is 890. The number of nitrogens with one attached hydrogen (secondary N) is 1. The molecular weight excluding hydrogens is 411 g/mol. The van der Waals surface area contributed by atoms with E-state index < -0.39 is 0 Å². The minimum atomic E-state index is -0.339. The molecule has 0 aliphatic rings. The smallest absolute Gasteiger partial charge is 0.241 e. The summed E-state index contributed by atoms with van der Waals surface area (Å²) >= 11 is 12.1. The maximum absolute atomic E-state index is 12.8. The molecule has 152 valence electrons. The van der Waals surface area contributed by atoms with Gasteiger partial charge in [0.1, 0.15) is 0 Å². The predicted octanol–water partition coefficient (Wildman–Crippen LogP) is 4.12. The van der Waals surface area contributed by atoms with Crippen LogP contribution in [0.4, 0.5) is 11.4 Å². The molecule has 1 N–H and O–H groups in total. The van der Waals surface area contributed by atoms with Crippen molar-refractivity contribution in [1.29, 1.82) is 5.26 Å². The van der Waals surface area contributed by atoms with Gasteiger partial charge in [0.25, 0.3) is 0 Å². The van der Waals surface area contributed by atoms with Crippen LogP contribution < -0.4 is 10.2 Å². The van der Waals surface area contributed by atoms with E-state index in [0.29, 0.717) is 15.7 Å². The van der Waals surface area contributed by atoms with Crippen LogP contribution in [0.2, 0.25) is 10.0 Å². The summed E-state index contributed by atoms with van der Waals surface area (Å²) in [6.45, 7) is 2.24. The van der Waals surface area contributed by atoms with Crippen molar-refractivity contribution in [2.45, 2.75) is 13.3 Å². The Hall–Kier alpha value is -2.59. The van der Waals surface area contributed by atoms with Gasteiger partial charge in [0.15, 0.2) is 0 Å². The van der Waals surface area contributed by atoms with E-state index in [0.717, 1.165) is 11.3 Å². The second-order valence-corrected chi connectivity index (χ2v) is 7.42. The number of amides is 2. The van der Waals surface area contributed by atoms with Gasteiger partial charge in [-0.15, -0.1) is 0 Å². The van der Waals surface area contributed by atoms with Crippen molar-refractivity contribution in [3.63, 3.8) is 0 Å². The number of halogens is 2. The summed E-state index contributed by atoms with van der Waals surface area (Å²) in [6.07, 6.45) is 0.217. The topological polar surface area (TPSA) is 76.4 Å². The molecule has 0 atom stereocenters. The van der Waals surface area contributed by atoms with E-state index in [-0.39, 0.29) is 37.9 Å². The number of carbonyl (C=O) groups excluding carboxylic acids is 2. The number of likely N-dealkylation sites (N-methyl/N-ethyl adjacent to an activating group) is 1. The molecule has 29 heavy (non-hydrogen) atoms. The average molecular weight is 433 g/mol. The van der Waals surface area contributed by atoms with Crippen LogP contribution in [0.25, 0.3) is 0 Å². The molecule has 0 spiro atoms. The Balaban J connectivity index is 2.00. The molecule has 2 aromatic carbocycles. The van der Waals surface area contributed by atoms with Crippen LogP contribution in [-0.2, 0) is 9.59 Å². The highest BCUT2D eigenvalue weighted by molar-refractivity contribution is 6.39. The predicted molar refractivity (Wildman–Crippen MR) is 116 cm³/mol. The van der Waals surface area contributed by atoms with E-state index in [1.165, 1.54) is 0 Å². The van der Waals surface area contributed by atoms with Crippen LogP contribution in [0.3, 0.4) is 0 Å². The second kappa shape index (κ2) is 10.8. The van der Waals surface area contributed by atoms with Crippen LogP contribution in [0.1, 0.15) is 12.0 Å². The van der Waals surface area contributed by atoms with Gasteiger partial charge < -0.3 is 10.2 Å². The summed E-state index contributed by atoms with van der Waals surface area (Å²) in [6, 6.07) is 14.5. The van der Waals surface area contributed by atoms with Gasteiger partial charge in [0.2, 0.25) is 11.8 Å². The lowest BCUT2D eigenvalue weighted by molar-refractivity contribution is -0.121. The fourth-order valence-corrected chi connectivity index (χ4v) is 3.19. The van der Waals surface area contributed by atoms with Crippen molar-refractivity contribution in [1.82, 2.24) is 4.90 Å². The van der Waals surface area contributed by atoms with Crippen LogP contribution in [0.5, 0.6) is 0 Å². The summed E-state index contributed by atoms with van der Waals surface area (Å²) in [4.78, 5) is 28.3. The Morgan fingerprint density at radius 2 is 1.69 bits per heavy atom. The Labute approximate surface area is 180 Å². The Morgan fingerprint density at radius 1 is 1.07 bits per heavy atom. The lowest BCUT2D eigenvalue weighted by Gasteiger charge is -2.25. The van der Waals surface area contributed by atoms with Crippen LogP contribution >= 0.6 is 23.2 Å². The number of nitrogens with zero attached hydrogens (tertiary/aromatic N) is 3. The van der Waals surface area contributed by atoms with Gasteiger partial charge in [0, 0.05) is 12.2 Å². The van der Waals surface area contributed by atoms with Crippen molar-refractivity contribution >= 4 is 46.4 Å². The van der Waals surface area contributed by atoms with E-state index >= 15 is 0 Å². The van der Waals surface area contributed by atoms with E-state index in [1.54, 1.807) is 35.0 Å². The van der Waals surface area contributed by atoms with E-state index in [2.05, 4.69) is 11.4 Å². The molecule has 2 amide bonds. The highest BCUT2D eigenvalue weighted by Crippen LogP contribution is 2.29. The maximum Gasteiger partial charge on any atom is 0.241 e. The third-order valence-corrected chi connectivity index (χ3v) is 4.77. The zero-order valence-electron chi connectivity index (χ0n) is 16.3. The third kappa shape index (κ3) is 6.75. The number of carbonyl (C=O) groups is 2. The van der Waals surface area contributed by atoms with E-state index in [1.807, 2.05) is 31.2 Å². The Kier molecular flexibility index (Phi) is 8.47. The number of anilines is 2. The first-order chi connectivity index (χ1) is 13.8. The fourth-order valence-electron chi connectivity index (χ4n) is 2.70. The van der Waals surface area contributed by atoms with Gasteiger partial charge in [-0.05, 0) is 38.2 Å². The maximum atomic E-state index is 12.8. The normalized spacial score (nSPS) is 10.5. The number of para-hydroxylation sites is 1. The van der Waals surface area contributed by atoms with Crippen molar-refractivity contribution < 1.29 is 9.59 Å². The lowest BCUT2D eigenvalue weighted by Crippen LogP contribution is -2.42. The van der Waals surface area contributed by atoms with Crippen molar-refractivity contribution in [3.05, 3.63) is 58.1 Å². The summed E-state index contributed by atoms with van der Waals surface area (Å²) in [7, 11) is 1.67. The molecule has 2 aromatic rings. The summed E-state index contributed by atoms with van der Waals surface area (Å²) < 4.78 is 0. The highest BCUT2D eigenvalue weighted by Gasteiger charge is 2.19. The minimum absolute atomic E-state index is 0.0168. The van der Waals surface area contributed by atoms with Crippen molar-refractivity contribution in [2.75, 3.05) is 36.9 Å². The molecule has 8 heteroatoms. The molecular formula is C21H22Cl2N4O2. The van der Waals surface area contributed by atoms with Gasteiger partial charge in [-0.3, -0.25) is 14.5 Å². The van der Waals surface area contributed by atoms with Crippen LogP contribution in [0.15, 0.2) is 42.5 Å². The first-order valence-electron chi connectivity index (χ1n) is 8.98. The molecule has 0 bridgehead atoms. The number of aryl methyl sites for hydroxylation is 1. The number of hydrogen-bond acceptors (Lipinski definition) is 4. The van der Waals surface area contributed by atoms with Gasteiger partial charge in [-0.1, -0.05) is 47.0 Å². The summed E-state index contributed by atoms with van der Waals surface area (Å²) in [5, 5.41) is 12.3. The minimum Gasteiger partial charge on any atom is -0.322 e. The third-order valence-electron chi connectivity index (χ3n) is 4.14. The van der Waals surface area contributed by atoms with Gasteiger partial charge in [-0.25, -0.2) is 0 Å². The molecule has 0 saturated carbocycles. The lowest BCUT2D eigenvalue weighted by atomic mass is 10.2. The van der Waals surface area contributed by atoms with Gasteiger partial charge in [-0.2, -0.15) is 5.26 Å². The molecule has 2 rings (SSSR count). The second-order valence-electron chi connectivity index (χ2n) is 6.61. The van der Waals surface area contributed by atoms with Crippen LogP contribution in [-0.4, -0.2) is 43.4 Å². The quantitative estimate of drug-likeness (QED) is 0.680.